The molecule has 1 atom stereocenters. The van der Waals surface area contributed by atoms with Gasteiger partial charge in [-0.05, 0) is 23.3 Å². The zero-order chi connectivity index (χ0) is 13.1. The van der Waals surface area contributed by atoms with Gasteiger partial charge in [0.1, 0.15) is 10.0 Å². The lowest BCUT2D eigenvalue weighted by atomic mass is 10.2. The van der Waals surface area contributed by atoms with Gasteiger partial charge in [-0.2, -0.15) is 0 Å². The van der Waals surface area contributed by atoms with Crippen LogP contribution < -0.4 is 0 Å². The number of thioether (sulfide) groups is 1. The maximum atomic E-state index is 5.96. The molecular weight excluding hydrogens is 308 g/mol. The van der Waals surface area contributed by atoms with Crippen LogP contribution in [0.15, 0.2) is 5.16 Å². The summed E-state index contributed by atoms with van der Waals surface area (Å²) in [7, 11) is 0. The summed E-state index contributed by atoms with van der Waals surface area (Å²) < 4.78 is 11.8. The normalized spacial score (nSPS) is 19.1. The van der Waals surface area contributed by atoms with Crippen LogP contribution in [0, 0.1) is 0 Å². The minimum absolute atomic E-state index is 0.215. The smallest absolute Gasteiger partial charge is 0.209 e. The molecule has 102 valence electrons. The molecule has 7 nitrogen and oxygen atoms in total. The van der Waals surface area contributed by atoms with E-state index in [-0.39, 0.29) is 6.10 Å². The highest BCUT2D eigenvalue weighted by Crippen LogP contribution is 2.26. The molecular formula is C9H11ClN6OS2. The second-order valence-corrected chi connectivity index (χ2v) is 6.36. The zero-order valence-corrected chi connectivity index (χ0v) is 12.3. The quantitative estimate of drug-likeness (QED) is 0.775. The Bertz CT molecular complexity index is 540. The predicted molar refractivity (Wildman–Crippen MR) is 71.3 cm³/mol. The second kappa shape index (κ2) is 6.12. The van der Waals surface area contributed by atoms with Crippen LogP contribution >= 0.6 is 34.9 Å². The Kier molecular flexibility index (Phi) is 4.26. The fourth-order valence-electron chi connectivity index (χ4n) is 1.81. The Morgan fingerprint density at radius 3 is 3.16 bits per heavy atom. The standard InChI is InChI=1S/C9H11ClN6OS2/c10-8-7(11-15-19-8)5-18-9-12-13-14-16(9)4-6-2-1-3-17-6/h6H,1-5H2. The maximum absolute atomic E-state index is 5.96. The predicted octanol–water partition coefficient (Wildman–Crippen LogP) is 1.65. The molecule has 1 saturated heterocycles. The van der Waals surface area contributed by atoms with E-state index >= 15 is 0 Å². The zero-order valence-electron chi connectivity index (χ0n) is 9.90. The van der Waals surface area contributed by atoms with Crippen LogP contribution in [-0.4, -0.2) is 42.5 Å². The highest BCUT2D eigenvalue weighted by Gasteiger charge is 2.19. The van der Waals surface area contributed by atoms with E-state index in [0.29, 0.717) is 16.6 Å². The van der Waals surface area contributed by atoms with Crippen molar-refractivity contribution in [1.29, 1.82) is 0 Å². The van der Waals surface area contributed by atoms with Crippen molar-refractivity contribution < 1.29 is 4.74 Å². The van der Waals surface area contributed by atoms with E-state index in [9.17, 15) is 0 Å². The Labute approximate surface area is 122 Å². The third-order valence-electron chi connectivity index (χ3n) is 2.75. The molecule has 19 heavy (non-hydrogen) atoms. The highest BCUT2D eigenvalue weighted by molar-refractivity contribution is 7.98. The fraction of sp³-hybridized carbons (Fsp3) is 0.667. The van der Waals surface area contributed by atoms with E-state index in [0.717, 1.165) is 30.3 Å². The number of halogens is 1. The number of rotatable bonds is 5. The Morgan fingerprint density at radius 1 is 1.47 bits per heavy atom. The van der Waals surface area contributed by atoms with Crippen molar-refractivity contribution in [2.75, 3.05) is 6.61 Å². The van der Waals surface area contributed by atoms with Crippen LogP contribution in [0.2, 0.25) is 4.34 Å². The van der Waals surface area contributed by atoms with Gasteiger partial charge in [0, 0.05) is 23.9 Å². The van der Waals surface area contributed by atoms with E-state index < -0.39 is 0 Å². The summed E-state index contributed by atoms with van der Waals surface area (Å²) in [6.45, 7) is 1.52. The Balaban J connectivity index is 1.61. The molecule has 0 amide bonds. The first-order valence-corrected chi connectivity index (χ1v) is 7.94. The second-order valence-electron chi connectivity index (χ2n) is 4.06. The fourth-order valence-corrected chi connectivity index (χ4v) is 3.43. The Hall–Kier alpha value is -0.770. The number of ether oxygens (including phenoxy) is 1. The van der Waals surface area contributed by atoms with Gasteiger partial charge >= 0.3 is 0 Å². The van der Waals surface area contributed by atoms with Gasteiger partial charge in [-0.25, -0.2) is 4.68 Å². The van der Waals surface area contributed by atoms with E-state index in [4.69, 9.17) is 16.3 Å². The molecule has 0 N–H and O–H groups in total. The first-order chi connectivity index (χ1) is 9.33. The van der Waals surface area contributed by atoms with E-state index in [2.05, 4.69) is 25.1 Å². The third-order valence-corrected chi connectivity index (χ3v) is 4.70. The monoisotopic (exact) mass is 318 g/mol. The summed E-state index contributed by atoms with van der Waals surface area (Å²) in [5.41, 5.74) is 0.767. The molecule has 1 unspecified atom stereocenters. The average molecular weight is 319 g/mol. The number of nitrogens with zero attached hydrogens (tertiary/aromatic N) is 6. The minimum Gasteiger partial charge on any atom is -0.376 e. The summed E-state index contributed by atoms with van der Waals surface area (Å²) in [5.74, 6) is 0.612. The Morgan fingerprint density at radius 2 is 2.42 bits per heavy atom. The molecule has 1 aliphatic heterocycles. The van der Waals surface area contributed by atoms with E-state index in [1.807, 2.05) is 0 Å². The van der Waals surface area contributed by atoms with Crippen LogP contribution in [0.5, 0.6) is 0 Å². The van der Waals surface area contributed by atoms with Crippen molar-refractivity contribution in [3.63, 3.8) is 0 Å². The lowest BCUT2D eigenvalue weighted by Gasteiger charge is -2.09. The molecule has 0 saturated carbocycles. The van der Waals surface area contributed by atoms with E-state index in [1.165, 1.54) is 23.3 Å². The van der Waals surface area contributed by atoms with Crippen LogP contribution in [-0.2, 0) is 17.0 Å². The summed E-state index contributed by atoms with van der Waals surface area (Å²) in [5, 5.41) is 16.4. The molecule has 0 spiro atoms. The van der Waals surface area contributed by atoms with Crippen molar-refractivity contribution in [2.45, 2.75) is 36.4 Å². The number of tetrazole rings is 1. The van der Waals surface area contributed by atoms with Gasteiger partial charge in [0.05, 0.1) is 12.6 Å². The highest BCUT2D eigenvalue weighted by atomic mass is 35.5. The van der Waals surface area contributed by atoms with Crippen LogP contribution in [0.4, 0.5) is 0 Å². The summed E-state index contributed by atoms with van der Waals surface area (Å²) in [6.07, 6.45) is 2.38. The molecule has 2 aromatic rings. The van der Waals surface area contributed by atoms with Gasteiger partial charge in [0.25, 0.3) is 0 Å². The number of hydrogen-bond donors (Lipinski definition) is 0. The van der Waals surface area contributed by atoms with Gasteiger partial charge in [0.2, 0.25) is 5.16 Å². The molecule has 0 radical (unpaired) electrons. The largest absolute Gasteiger partial charge is 0.376 e. The molecule has 0 aliphatic carbocycles. The first-order valence-electron chi connectivity index (χ1n) is 5.80. The van der Waals surface area contributed by atoms with Gasteiger partial charge in [0.15, 0.2) is 0 Å². The van der Waals surface area contributed by atoms with Crippen molar-refractivity contribution in [2.24, 2.45) is 0 Å². The number of hydrogen-bond acceptors (Lipinski definition) is 8. The van der Waals surface area contributed by atoms with Gasteiger partial charge < -0.3 is 4.74 Å². The van der Waals surface area contributed by atoms with Crippen molar-refractivity contribution in [3.8, 4) is 0 Å². The molecule has 3 rings (SSSR count). The van der Waals surface area contributed by atoms with Gasteiger partial charge in [-0.3, -0.25) is 0 Å². The van der Waals surface area contributed by atoms with Crippen LogP contribution in [0.1, 0.15) is 18.5 Å². The molecule has 0 bridgehead atoms. The molecule has 2 aromatic heterocycles. The lowest BCUT2D eigenvalue weighted by molar-refractivity contribution is 0.0912. The van der Waals surface area contributed by atoms with Gasteiger partial charge in [-0.1, -0.05) is 27.9 Å². The molecule has 10 heteroatoms. The third kappa shape index (κ3) is 3.22. The summed E-state index contributed by atoms with van der Waals surface area (Å²) in [6, 6.07) is 0. The van der Waals surface area contributed by atoms with Crippen LogP contribution in [0.3, 0.4) is 0 Å². The average Bonchev–Trinajstić information content (AvgIpc) is 3.11. The first kappa shape index (κ1) is 13.2. The maximum Gasteiger partial charge on any atom is 0.209 e. The van der Waals surface area contributed by atoms with Gasteiger partial charge in [-0.15, -0.1) is 10.2 Å². The summed E-state index contributed by atoms with van der Waals surface area (Å²) in [4.78, 5) is 0. The van der Waals surface area contributed by atoms with E-state index in [1.54, 1.807) is 4.68 Å². The molecule has 0 aromatic carbocycles. The van der Waals surface area contributed by atoms with Crippen molar-refractivity contribution in [3.05, 3.63) is 10.0 Å². The van der Waals surface area contributed by atoms with Crippen molar-refractivity contribution in [1.82, 2.24) is 29.8 Å². The van der Waals surface area contributed by atoms with Crippen LogP contribution in [0.25, 0.3) is 0 Å². The SMILES string of the molecule is Clc1snnc1CSc1nnnn1CC1CCCO1. The molecule has 1 aliphatic rings. The molecule has 1 fully saturated rings. The number of aromatic nitrogens is 6. The lowest BCUT2D eigenvalue weighted by Crippen LogP contribution is -2.16. The van der Waals surface area contributed by atoms with Crippen molar-refractivity contribution >= 4 is 34.9 Å². The molecule has 3 heterocycles. The minimum atomic E-state index is 0.215. The topological polar surface area (TPSA) is 78.6 Å². The summed E-state index contributed by atoms with van der Waals surface area (Å²) >= 11 is 8.64.